The maximum absolute atomic E-state index is 14.5. The second-order valence-corrected chi connectivity index (χ2v) is 19.1. The van der Waals surface area contributed by atoms with E-state index in [9.17, 15) is 57.8 Å². The molecule has 78 heavy (non-hydrogen) atoms. The molecule has 3 aromatic carbocycles. The highest BCUT2D eigenvalue weighted by atomic mass is 32.1. The van der Waals surface area contributed by atoms with E-state index in [1.165, 1.54) is 17.0 Å². The Labute approximate surface area is 460 Å². The molecular formula is C50H68N14O12S2. The molecule has 422 valence electrons. The molecule has 18 N–H and O–H groups in total. The van der Waals surface area contributed by atoms with Gasteiger partial charge in [-0.05, 0) is 71.9 Å². The van der Waals surface area contributed by atoms with Crippen LogP contribution in [0, 0.1) is 0 Å². The van der Waals surface area contributed by atoms with Gasteiger partial charge in [-0.2, -0.15) is 25.3 Å². The van der Waals surface area contributed by atoms with Gasteiger partial charge in [-0.3, -0.25) is 57.7 Å². The Morgan fingerprint density at radius 2 is 1.19 bits per heavy atom. The molecule has 26 nitrogen and oxygen atoms in total. The van der Waals surface area contributed by atoms with Crippen molar-refractivity contribution in [1.29, 1.82) is 0 Å². The van der Waals surface area contributed by atoms with E-state index in [4.69, 9.17) is 28.7 Å². The highest BCUT2D eigenvalue weighted by Crippen LogP contribution is 2.21. The van der Waals surface area contributed by atoms with Crippen molar-refractivity contribution in [3.8, 4) is 5.75 Å². The first-order valence-electron chi connectivity index (χ1n) is 24.9. The predicted octanol–water partition coefficient (Wildman–Crippen LogP) is -3.72. The first-order valence-corrected chi connectivity index (χ1v) is 26.1. The number of nitrogens with one attached hydrogen (secondary N) is 7. The molecule has 1 saturated heterocycles. The number of aliphatic imine (C=N–C) groups is 1. The zero-order valence-corrected chi connectivity index (χ0v) is 44.4. The lowest BCUT2D eigenvalue weighted by Gasteiger charge is -2.30. The van der Waals surface area contributed by atoms with Crippen molar-refractivity contribution in [2.45, 2.75) is 107 Å². The Hall–Kier alpha value is -8.14. The average Bonchev–Trinajstić information content (AvgIpc) is 3.89. The summed E-state index contributed by atoms with van der Waals surface area (Å²) in [5, 5.41) is 29.2. The number of thiol groups is 2. The van der Waals surface area contributed by atoms with E-state index in [1.54, 1.807) is 24.3 Å². The van der Waals surface area contributed by atoms with Gasteiger partial charge in [-0.25, -0.2) is 0 Å². The topological polar surface area (TPSA) is 438 Å². The summed E-state index contributed by atoms with van der Waals surface area (Å²) in [5.41, 5.74) is 28.1. The average molecular weight is 1120 g/mol. The minimum atomic E-state index is -1.80. The van der Waals surface area contributed by atoms with Crippen molar-refractivity contribution in [2.75, 3.05) is 31.1 Å². The number of nitrogens with zero attached hydrogens (tertiary/aromatic N) is 2. The highest BCUT2D eigenvalue weighted by Gasteiger charge is 2.40. The third-order valence-electron chi connectivity index (χ3n) is 12.3. The largest absolute Gasteiger partial charge is 0.508 e. The second kappa shape index (κ2) is 31.2. The van der Waals surface area contributed by atoms with Crippen LogP contribution in [0.4, 0.5) is 0 Å². The molecule has 0 aromatic heterocycles. The first-order chi connectivity index (χ1) is 37.1. The van der Waals surface area contributed by atoms with Gasteiger partial charge in [0.15, 0.2) is 5.96 Å². The summed E-state index contributed by atoms with van der Waals surface area (Å²) < 4.78 is 0. The zero-order chi connectivity index (χ0) is 57.5. The molecule has 0 unspecified atom stereocenters. The molecule has 1 heterocycles. The van der Waals surface area contributed by atoms with E-state index in [0.717, 1.165) is 10.8 Å². The Morgan fingerprint density at radius 1 is 0.615 bits per heavy atom. The van der Waals surface area contributed by atoms with Crippen LogP contribution in [0.25, 0.3) is 10.8 Å². The summed E-state index contributed by atoms with van der Waals surface area (Å²) >= 11 is 8.38. The Balaban J connectivity index is 1.57. The number of rotatable bonds is 31. The fourth-order valence-corrected chi connectivity index (χ4v) is 8.79. The molecule has 7 atom stereocenters. The summed E-state index contributed by atoms with van der Waals surface area (Å²) in [6, 6.07) is 8.61. The van der Waals surface area contributed by atoms with E-state index in [0.29, 0.717) is 17.5 Å². The van der Waals surface area contributed by atoms with Crippen LogP contribution in [-0.2, 0) is 65.6 Å². The van der Waals surface area contributed by atoms with Crippen molar-refractivity contribution < 1.29 is 57.8 Å². The molecular weight excluding hydrogens is 1050 g/mol. The number of likely N-dealkylation sites (tertiary alicyclic amines) is 1. The van der Waals surface area contributed by atoms with Gasteiger partial charge >= 0.3 is 0 Å². The van der Waals surface area contributed by atoms with Crippen LogP contribution < -0.4 is 65.9 Å². The van der Waals surface area contributed by atoms with Crippen molar-refractivity contribution in [3.05, 3.63) is 77.9 Å². The predicted molar refractivity (Wildman–Crippen MR) is 292 cm³/mol. The second-order valence-electron chi connectivity index (χ2n) is 18.3. The van der Waals surface area contributed by atoms with Gasteiger partial charge in [0, 0.05) is 44.5 Å². The Kier molecular flexibility index (Phi) is 24.9. The molecule has 1 fully saturated rings. The van der Waals surface area contributed by atoms with Crippen LogP contribution in [-0.4, -0.2) is 154 Å². The third-order valence-corrected chi connectivity index (χ3v) is 12.8. The van der Waals surface area contributed by atoms with Crippen molar-refractivity contribution >= 4 is 107 Å². The third kappa shape index (κ3) is 20.4. The minimum Gasteiger partial charge on any atom is -0.508 e. The summed E-state index contributed by atoms with van der Waals surface area (Å²) in [6.45, 7) is -0.378. The van der Waals surface area contributed by atoms with Crippen LogP contribution in [0.15, 0.2) is 71.7 Å². The van der Waals surface area contributed by atoms with Crippen LogP contribution in [0.5, 0.6) is 5.75 Å². The first kappa shape index (κ1) is 62.4. The molecule has 3 aromatic rings. The molecule has 1 aliphatic heterocycles. The van der Waals surface area contributed by atoms with E-state index in [1.807, 2.05) is 30.3 Å². The van der Waals surface area contributed by atoms with Crippen LogP contribution in [0.1, 0.15) is 62.5 Å². The number of aromatic hydroxyl groups is 1. The van der Waals surface area contributed by atoms with Crippen molar-refractivity contribution in [3.63, 3.8) is 0 Å². The fraction of sp³-hybridized carbons (Fsp3) is 0.440. The fourth-order valence-electron chi connectivity index (χ4n) is 8.34. The van der Waals surface area contributed by atoms with Crippen molar-refractivity contribution in [2.24, 2.45) is 33.7 Å². The summed E-state index contributed by atoms with van der Waals surface area (Å²) in [4.78, 5) is 152. The van der Waals surface area contributed by atoms with Crippen LogP contribution in [0.2, 0.25) is 0 Å². The molecule has 0 bridgehead atoms. The smallest absolute Gasteiger partial charge is 0.246 e. The number of phenols is 1. The summed E-state index contributed by atoms with van der Waals surface area (Å²) in [6.07, 6.45) is -1.31. The van der Waals surface area contributed by atoms with Gasteiger partial charge in [0.1, 0.15) is 48.0 Å². The molecule has 0 spiro atoms. The molecule has 0 saturated carbocycles. The normalized spacial score (nSPS) is 15.2. The lowest BCUT2D eigenvalue weighted by Crippen LogP contribution is -2.61. The monoisotopic (exact) mass is 1120 g/mol. The van der Waals surface area contributed by atoms with Gasteiger partial charge in [0.25, 0.3) is 0 Å². The van der Waals surface area contributed by atoms with Crippen LogP contribution in [0.3, 0.4) is 0 Å². The number of primary amides is 3. The maximum atomic E-state index is 14.5. The number of hydrogen-bond acceptors (Lipinski definition) is 15. The number of amides is 11. The van der Waals surface area contributed by atoms with Crippen molar-refractivity contribution in [1.82, 2.24) is 42.1 Å². The van der Waals surface area contributed by atoms with Gasteiger partial charge in [-0.1, -0.05) is 54.6 Å². The molecule has 0 radical (unpaired) electrons. The lowest BCUT2D eigenvalue weighted by molar-refractivity contribution is -0.142. The van der Waals surface area contributed by atoms with Gasteiger partial charge < -0.3 is 75.9 Å². The number of phenolic OH excluding ortho intramolecular Hbond substituents is 1. The van der Waals surface area contributed by atoms with Gasteiger partial charge in [-0.15, -0.1) is 0 Å². The number of nitrogens with two attached hydrogens (primary N) is 5. The standard InChI is InChI=1S/C50H68N14O12S2/c51-39(66)16-15-33(59-46(73)35(23-28-9-12-29-5-1-2-6-30(29)21-28)61-45(72)34(58-42(69)17-20-77)22-27-10-13-31(65)14-11-27)44(71)62-36(24-40(52)67)47(74)63-37(26-78)49(76)64-19-4-8-38(64)48(75)60-32(7-3-18-56-50(54)55)43(70)57-25-41(53)68/h1-2,5-6,9-14,21,32-38,65,77-78H,3-4,7-8,15-20,22-26H2,(H2,51,66)(H2,52,67)(H2,53,68)(H,57,70)(H,58,69)(H,59,73)(H,60,75)(H,61,72)(H,62,71)(H,63,74)(H4,54,55,56)/t32-,33+,34+,35+,36+,37+,38+/m1/s1. The number of hydrogen-bond donors (Lipinski definition) is 15. The maximum Gasteiger partial charge on any atom is 0.246 e. The molecule has 0 aliphatic carbocycles. The Morgan fingerprint density at radius 3 is 1.82 bits per heavy atom. The van der Waals surface area contributed by atoms with E-state index in [-0.39, 0.29) is 74.8 Å². The number of benzene rings is 3. The van der Waals surface area contributed by atoms with E-state index in [2.05, 4.69) is 67.5 Å². The summed E-state index contributed by atoms with van der Waals surface area (Å²) in [7, 11) is 0. The summed E-state index contributed by atoms with van der Waals surface area (Å²) in [5.74, 6) is -9.97. The zero-order valence-electron chi connectivity index (χ0n) is 42.6. The number of guanidine groups is 1. The Bertz CT molecular complexity index is 2690. The molecule has 4 rings (SSSR count). The molecule has 1 aliphatic rings. The number of fused-ring (bicyclic) bond motifs is 1. The van der Waals surface area contributed by atoms with E-state index < -0.39 is 133 Å². The molecule has 11 amide bonds. The highest BCUT2D eigenvalue weighted by molar-refractivity contribution is 7.80. The molecule has 28 heteroatoms. The lowest BCUT2D eigenvalue weighted by atomic mass is 9.99. The number of carbonyl (C=O) groups is 11. The SMILES string of the molecule is NC(=O)CC[C@H](NC(=O)[C@H](Cc1ccc2ccccc2c1)NC(=O)[C@H](Cc1ccc(O)cc1)NC(=O)CCS)C(=O)N[C@@H](CC(N)=O)C(=O)N[C@@H](CS)C(=O)N1CCC[C@H]1C(=O)N[C@H](CCCN=C(N)N)C(=O)NCC(N)=O. The van der Waals surface area contributed by atoms with Gasteiger partial charge in [0.05, 0.1) is 13.0 Å². The van der Waals surface area contributed by atoms with Crippen LogP contribution >= 0.6 is 25.3 Å². The number of carbonyl (C=O) groups excluding carboxylic acids is 11. The van der Waals surface area contributed by atoms with Gasteiger partial charge in [0.2, 0.25) is 65.0 Å². The quantitative estimate of drug-likeness (QED) is 0.0128. The minimum absolute atomic E-state index is 0.0210. The van der Waals surface area contributed by atoms with E-state index >= 15 is 0 Å².